The van der Waals surface area contributed by atoms with E-state index in [1.54, 1.807) is 0 Å². The number of aryl methyl sites for hydroxylation is 1. The third kappa shape index (κ3) is 1.97. The van der Waals surface area contributed by atoms with E-state index in [1.165, 1.54) is 0 Å². The molecule has 1 aromatic heterocycles. The van der Waals surface area contributed by atoms with Crippen LogP contribution in [0.5, 0.6) is 0 Å². The van der Waals surface area contributed by atoms with Gasteiger partial charge in [-0.25, -0.2) is 0 Å². The monoisotopic (exact) mass is 243 g/mol. The summed E-state index contributed by atoms with van der Waals surface area (Å²) in [5.74, 6) is 0.417. The van der Waals surface area contributed by atoms with Crippen LogP contribution in [0.25, 0.3) is 0 Å². The van der Waals surface area contributed by atoms with Crippen molar-refractivity contribution in [1.29, 1.82) is 0 Å². The second kappa shape index (κ2) is 4.02. The lowest BCUT2D eigenvalue weighted by Gasteiger charge is -2.27. The molecule has 0 radical (unpaired) electrons. The molecule has 3 N–H and O–H groups in total. The molecule has 1 atom stereocenters. The number of nitrogens with zero attached hydrogens (tertiary/aromatic N) is 2. The summed E-state index contributed by atoms with van der Waals surface area (Å²) < 4.78 is 1.81. The molecule has 1 saturated carbocycles. The Bertz CT molecular complexity index is 400. The Morgan fingerprint density at radius 1 is 1.56 bits per heavy atom. The van der Waals surface area contributed by atoms with E-state index in [-0.39, 0.29) is 6.61 Å². The van der Waals surface area contributed by atoms with Gasteiger partial charge in [-0.05, 0) is 32.6 Å². The first kappa shape index (κ1) is 11.9. The van der Waals surface area contributed by atoms with Crippen LogP contribution in [0.2, 0.25) is 5.02 Å². The van der Waals surface area contributed by atoms with Crippen LogP contribution in [0, 0.1) is 19.8 Å². The molecular weight excluding hydrogens is 226 g/mol. The van der Waals surface area contributed by atoms with Gasteiger partial charge in [0, 0.05) is 0 Å². The van der Waals surface area contributed by atoms with E-state index in [4.69, 9.17) is 17.3 Å². The highest BCUT2D eigenvalue weighted by Gasteiger charge is 2.42. The number of hydrogen-bond acceptors (Lipinski definition) is 3. The Balaban J connectivity index is 2.22. The number of nitrogens with two attached hydrogens (primary N) is 1. The molecule has 0 saturated heterocycles. The minimum Gasteiger partial charge on any atom is -0.394 e. The molecule has 1 aromatic rings. The molecule has 90 valence electrons. The van der Waals surface area contributed by atoms with Gasteiger partial charge >= 0.3 is 0 Å². The van der Waals surface area contributed by atoms with Gasteiger partial charge < -0.3 is 10.8 Å². The van der Waals surface area contributed by atoms with Crippen molar-refractivity contribution in [1.82, 2.24) is 9.78 Å². The number of rotatable bonds is 4. The predicted octanol–water partition coefficient (Wildman–Crippen LogP) is 1.25. The molecule has 4 nitrogen and oxygen atoms in total. The zero-order valence-corrected chi connectivity index (χ0v) is 10.5. The van der Waals surface area contributed by atoms with E-state index in [0.717, 1.165) is 24.2 Å². The van der Waals surface area contributed by atoms with Crippen LogP contribution in [-0.4, -0.2) is 27.0 Å². The molecule has 0 spiro atoms. The molecule has 1 heterocycles. The number of aromatic nitrogens is 2. The van der Waals surface area contributed by atoms with Crippen molar-refractivity contribution in [2.45, 2.75) is 38.8 Å². The summed E-state index contributed by atoms with van der Waals surface area (Å²) in [7, 11) is 0. The molecule has 0 amide bonds. The topological polar surface area (TPSA) is 64.1 Å². The van der Waals surface area contributed by atoms with Gasteiger partial charge in [0.25, 0.3) is 0 Å². The fourth-order valence-corrected chi connectivity index (χ4v) is 2.21. The summed E-state index contributed by atoms with van der Waals surface area (Å²) in [6.07, 6.45) is 2.20. The van der Waals surface area contributed by atoms with Crippen molar-refractivity contribution in [3.63, 3.8) is 0 Å². The van der Waals surface area contributed by atoms with E-state index in [9.17, 15) is 5.11 Å². The van der Waals surface area contributed by atoms with Crippen molar-refractivity contribution < 1.29 is 5.11 Å². The Morgan fingerprint density at radius 3 is 2.56 bits per heavy atom. The first-order chi connectivity index (χ1) is 7.48. The third-order valence-electron chi connectivity index (χ3n) is 3.42. The number of aliphatic hydroxyl groups excluding tert-OH is 1. The highest BCUT2D eigenvalue weighted by Crippen LogP contribution is 2.39. The van der Waals surface area contributed by atoms with Gasteiger partial charge in [-0.2, -0.15) is 5.10 Å². The van der Waals surface area contributed by atoms with E-state index >= 15 is 0 Å². The smallest absolute Gasteiger partial charge is 0.0844 e. The number of hydrogen-bond donors (Lipinski definition) is 2. The van der Waals surface area contributed by atoms with Crippen LogP contribution in [0.3, 0.4) is 0 Å². The highest BCUT2D eigenvalue weighted by atomic mass is 35.5. The first-order valence-corrected chi connectivity index (χ1v) is 5.95. The van der Waals surface area contributed by atoms with Crippen molar-refractivity contribution in [3.8, 4) is 0 Å². The minimum absolute atomic E-state index is 0.00632. The van der Waals surface area contributed by atoms with Crippen LogP contribution in [0.15, 0.2) is 0 Å². The van der Waals surface area contributed by atoms with Crippen LogP contribution in [0.1, 0.15) is 24.2 Å². The van der Waals surface area contributed by atoms with Crippen LogP contribution < -0.4 is 5.73 Å². The lowest BCUT2D eigenvalue weighted by atomic mass is 9.96. The van der Waals surface area contributed by atoms with Crippen LogP contribution in [0.4, 0.5) is 0 Å². The van der Waals surface area contributed by atoms with Crippen molar-refractivity contribution in [2.75, 3.05) is 6.61 Å². The molecule has 5 heteroatoms. The molecule has 1 aliphatic carbocycles. The maximum Gasteiger partial charge on any atom is 0.0844 e. The van der Waals surface area contributed by atoms with E-state index < -0.39 is 5.54 Å². The van der Waals surface area contributed by atoms with Gasteiger partial charge in [-0.3, -0.25) is 4.68 Å². The zero-order chi connectivity index (χ0) is 11.9. The third-order valence-corrected chi connectivity index (χ3v) is 3.97. The maximum absolute atomic E-state index is 9.42. The van der Waals surface area contributed by atoms with E-state index in [0.29, 0.717) is 17.5 Å². The summed E-state index contributed by atoms with van der Waals surface area (Å²) in [5.41, 5.74) is 7.39. The van der Waals surface area contributed by atoms with Crippen molar-refractivity contribution >= 4 is 11.6 Å². The molecule has 1 fully saturated rings. The molecular formula is C11H18ClN3O. The average Bonchev–Trinajstić information content (AvgIpc) is 3.06. The van der Waals surface area contributed by atoms with Crippen molar-refractivity contribution in [3.05, 3.63) is 16.4 Å². The highest BCUT2D eigenvalue weighted by molar-refractivity contribution is 6.31. The lowest BCUT2D eigenvalue weighted by Crippen LogP contribution is -2.50. The van der Waals surface area contributed by atoms with Crippen LogP contribution in [-0.2, 0) is 6.54 Å². The molecule has 0 aliphatic heterocycles. The lowest BCUT2D eigenvalue weighted by molar-refractivity contribution is 0.154. The fourth-order valence-electron chi connectivity index (χ4n) is 2.07. The van der Waals surface area contributed by atoms with Gasteiger partial charge in [0.2, 0.25) is 0 Å². The maximum atomic E-state index is 9.42. The summed E-state index contributed by atoms with van der Waals surface area (Å²) in [4.78, 5) is 0. The molecule has 1 unspecified atom stereocenters. The molecule has 0 bridgehead atoms. The second-order valence-electron chi connectivity index (χ2n) is 4.81. The van der Waals surface area contributed by atoms with Gasteiger partial charge in [-0.1, -0.05) is 11.6 Å². The first-order valence-electron chi connectivity index (χ1n) is 5.57. The summed E-state index contributed by atoms with van der Waals surface area (Å²) in [6, 6.07) is 0. The van der Waals surface area contributed by atoms with Gasteiger partial charge in [-0.15, -0.1) is 0 Å². The summed E-state index contributed by atoms with van der Waals surface area (Å²) in [5, 5.41) is 14.5. The van der Waals surface area contributed by atoms with E-state index in [2.05, 4.69) is 5.10 Å². The number of aliphatic hydroxyl groups is 1. The molecule has 16 heavy (non-hydrogen) atoms. The van der Waals surface area contributed by atoms with Gasteiger partial charge in [0.15, 0.2) is 0 Å². The van der Waals surface area contributed by atoms with E-state index in [1.807, 2.05) is 18.5 Å². The summed E-state index contributed by atoms with van der Waals surface area (Å²) >= 11 is 6.08. The SMILES string of the molecule is Cc1nn(CC(N)(CO)C2CC2)c(C)c1Cl. The Morgan fingerprint density at radius 2 is 2.19 bits per heavy atom. The quantitative estimate of drug-likeness (QED) is 0.837. The fraction of sp³-hybridized carbons (Fsp3) is 0.727. The van der Waals surface area contributed by atoms with Gasteiger partial charge in [0.05, 0.1) is 35.1 Å². The minimum atomic E-state index is -0.549. The average molecular weight is 244 g/mol. The zero-order valence-electron chi connectivity index (χ0n) is 9.70. The van der Waals surface area contributed by atoms with Gasteiger partial charge in [0.1, 0.15) is 0 Å². The predicted molar refractivity (Wildman–Crippen MR) is 63.4 cm³/mol. The Labute approximate surface area is 100 Å². The summed E-state index contributed by atoms with van der Waals surface area (Å²) in [6.45, 7) is 4.33. The second-order valence-corrected chi connectivity index (χ2v) is 5.19. The Kier molecular flexibility index (Phi) is 2.99. The molecule has 2 rings (SSSR count). The molecule has 0 aromatic carbocycles. The van der Waals surface area contributed by atoms with Crippen LogP contribution >= 0.6 is 11.6 Å². The normalized spacial score (nSPS) is 19.8. The standard InChI is InChI=1S/C11H18ClN3O/c1-7-10(12)8(2)15(14-7)5-11(13,6-16)9-3-4-9/h9,16H,3-6,13H2,1-2H3. The Hall–Kier alpha value is -0.580. The van der Waals surface area contributed by atoms with Crippen molar-refractivity contribution in [2.24, 2.45) is 11.7 Å². The molecule has 1 aliphatic rings. The largest absolute Gasteiger partial charge is 0.394 e. The number of halogens is 1.